The number of hydrogen-bond acceptors (Lipinski definition) is 2. The zero-order valence-electron chi connectivity index (χ0n) is 9.11. The Morgan fingerprint density at radius 1 is 1.13 bits per heavy atom. The average Bonchev–Trinajstić information content (AvgIpc) is 2.23. The predicted molar refractivity (Wildman–Crippen MR) is 58.7 cm³/mol. The Morgan fingerprint density at radius 3 is 2.40 bits per heavy atom. The first-order valence-electron chi connectivity index (χ1n) is 5.82. The van der Waals surface area contributed by atoms with Crippen molar-refractivity contribution in [2.75, 3.05) is 0 Å². The molecule has 2 N–H and O–H groups in total. The van der Waals surface area contributed by atoms with Gasteiger partial charge in [0.15, 0.2) is 0 Å². The van der Waals surface area contributed by atoms with E-state index in [0.717, 1.165) is 25.7 Å². The van der Waals surface area contributed by atoms with Gasteiger partial charge in [-0.3, -0.25) is 0 Å². The van der Waals surface area contributed by atoms with Crippen molar-refractivity contribution in [1.82, 2.24) is 0 Å². The first kappa shape index (κ1) is 12.2. The molecule has 1 unspecified atom stereocenters. The summed E-state index contributed by atoms with van der Waals surface area (Å²) in [7, 11) is 0. The van der Waals surface area contributed by atoms with Crippen LogP contribution in [0.2, 0.25) is 0 Å². The Labute approximate surface area is 90.8 Å². The second kappa shape index (κ2) is 6.62. The molecule has 3 heteroatoms. The van der Waals surface area contributed by atoms with E-state index in [1.807, 2.05) is 0 Å². The van der Waals surface area contributed by atoms with Gasteiger partial charge in [0.1, 0.15) is 0 Å². The molecular formula is C12H20O3. The molecule has 0 radical (unpaired) electrons. The molecule has 1 atom stereocenters. The fourth-order valence-electron chi connectivity index (χ4n) is 1.95. The van der Waals surface area contributed by atoms with Gasteiger partial charge in [0, 0.05) is 5.57 Å². The molecule has 0 aromatic carbocycles. The molecule has 0 aromatic rings. The normalized spacial score (nSPS) is 28.6. The highest BCUT2D eigenvalue weighted by molar-refractivity contribution is 5.86. The van der Waals surface area contributed by atoms with E-state index < -0.39 is 12.1 Å². The summed E-state index contributed by atoms with van der Waals surface area (Å²) in [5.41, 5.74) is 0.379. The monoisotopic (exact) mass is 212 g/mol. The molecule has 86 valence electrons. The van der Waals surface area contributed by atoms with Gasteiger partial charge in [0.25, 0.3) is 0 Å². The minimum absolute atomic E-state index is 0.379. The molecule has 0 bridgehead atoms. The maximum absolute atomic E-state index is 10.9. The standard InChI is InChI=1S/C12H20O3/c13-11-8-6-4-2-1-3-5-7-10(9-11)12(14)15/h9,11,13H,1-8H2,(H,14,15)/b10-9-. The average molecular weight is 212 g/mol. The molecule has 1 aliphatic carbocycles. The Bertz CT molecular complexity index is 233. The second-order valence-corrected chi connectivity index (χ2v) is 4.22. The third-order valence-electron chi connectivity index (χ3n) is 2.86. The number of hydrogen-bond donors (Lipinski definition) is 2. The fraction of sp³-hybridized carbons (Fsp3) is 0.750. The largest absolute Gasteiger partial charge is 0.478 e. The fourth-order valence-corrected chi connectivity index (χ4v) is 1.95. The van der Waals surface area contributed by atoms with Crippen molar-refractivity contribution in [2.45, 2.75) is 57.5 Å². The van der Waals surface area contributed by atoms with Gasteiger partial charge in [0.2, 0.25) is 0 Å². The molecule has 0 amide bonds. The van der Waals surface area contributed by atoms with Crippen LogP contribution >= 0.6 is 0 Å². The van der Waals surface area contributed by atoms with Crippen LogP contribution in [0.1, 0.15) is 51.4 Å². The van der Waals surface area contributed by atoms with Gasteiger partial charge in [-0.2, -0.15) is 0 Å². The molecular weight excluding hydrogens is 192 g/mol. The topological polar surface area (TPSA) is 57.5 Å². The third-order valence-corrected chi connectivity index (χ3v) is 2.86. The zero-order valence-corrected chi connectivity index (χ0v) is 9.11. The quantitative estimate of drug-likeness (QED) is 0.702. The van der Waals surface area contributed by atoms with E-state index in [1.54, 1.807) is 0 Å². The summed E-state index contributed by atoms with van der Waals surface area (Å²) >= 11 is 0. The SMILES string of the molecule is O=C(O)/C1=C\C(O)CCCCCCCC1. The summed E-state index contributed by atoms with van der Waals surface area (Å²) in [5, 5.41) is 18.5. The van der Waals surface area contributed by atoms with E-state index >= 15 is 0 Å². The molecule has 1 rings (SSSR count). The number of aliphatic carboxylic acids is 1. The highest BCUT2D eigenvalue weighted by Crippen LogP contribution is 2.17. The first-order chi connectivity index (χ1) is 7.20. The molecule has 0 saturated heterocycles. The van der Waals surface area contributed by atoms with E-state index in [4.69, 9.17) is 5.11 Å². The summed E-state index contributed by atoms with van der Waals surface area (Å²) in [6.07, 6.45) is 8.77. The summed E-state index contributed by atoms with van der Waals surface area (Å²) < 4.78 is 0. The van der Waals surface area contributed by atoms with Gasteiger partial charge in [-0.25, -0.2) is 4.79 Å². The number of rotatable bonds is 1. The molecule has 15 heavy (non-hydrogen) atoms. The van der Waals surface area contributed by atoms with Crippen LogP contribution in [0.15, 0.2) is 11.6 Å². The Morgan fingerprint density at radius 2 is 1.73 bits per heavy atom. The number of aliphatic hydroxyl groups is 1. The number of carbonyl (C=O) groups is 1. The maximum atomic E-state index is 10.9. The van der Waals surface area contributed by atoms with Crippen molar-refractivity contribution in [1.29, 1.82) is 0 Å². The minimum Gasteiger partial charge on any atom is -0.478 e. The summed E-state index contributed by atoms with van der Waals surface area (Å²) in [5.74, 6) is -0.881. The summed E-state index contributed by atoms with van der Waals surface area (Å²) in [6.45, 7) is 0. The van der Waals surface area contributed by atoms with Crippen molar-refractivity contribution in [2.24, 2.45) is 0 Å². The number of carboxylic acid groups (broad SMARTS) is 1. The lowest BCUT2D eigenvalue weighted by Crippen LogP contribution is -2.08. The van der Waals surface area contributed by atoms with Gasteiger partial charge in [-0.05, 0) is 25.3 Å². The van der Waals surface area contributed by atoms with Crippen LogP contribution in [0, 0.1) is 0 Å². The molecule has 0 aliphatic heterocycles. The molecule has 0 aromatic heterocycles. The van der Waals surface area contributed by atoms with Crippen molar-refractivity contribution >= 4 is 5.97 Å². The van der Waals surface area contributed by atoms with Gasteiger partial charge >= 0.3 is 5.97 Å². The van der Waals surface area contributed by atoms with Crippen LogP contribution in [0.3, 0.4) is 0 Å². The van der Waals surface area contributed by atoms with E-state index in [1.165, 1.54) is 18.9 Å². The molecule has 0 saturated carbocycles. The van der Waals surface area contributed by atoms with Crippen LogP contribution in [0.25, 0.3) is 0 Å². The summed E-state index contributed by atoms with van der Waals surface area (Å²) in [4.78, 5) is 10.9. The number of carboxylic acids is 1. The van der Waals surface area contributed by atoms with Crippen LogP contribution < -0.4 is 0 Å². The van der Waals surface area contributed by atoms with Crippen LogP contribution in [-0.4, -0.2) is 22.3 Å². The van der Waals surface area contributed by atoms with Gasteiger partial charge in [0.05, 0.1) is 6.10 Å². The molecule has 1 aliphatic rings. The minimum atomic E-state index is -0.881. The smallest absolute Gasteiger partial charge is 0.331 e. The Hall–Kier alpha value is -0.830. The maximum Gasteiger partial charge on any atom is 0.331 e. The zero-order chi connectivity index (χ0) is 11.1. The lowest BCUT2D eigenvalue weighted by Gasteiger charge is -2.06. The second-order valence-electron chi connectivity index (χ2n) is 4.22. The van der Waals surface area contributed by atoms with Crippen molar-refractivity contribution in [3.05, 3.63) is 11.6 Å². The Kier molecular flexibility index (Phi) is 5.40. The van der Waals surface area contributed by atoms with Crippen LogP contribution in [0.5, 0.6) is 0 Å². The predicted octanol–water partition coefficient (Wildman–Crippen LogP) is 2.49. The molecule has 0 fully saturated rings. The highest BCUT2D eigenvalue weighted by Gasteiger charge is 2.11. The Balaban J connectivity index is 2.58. The van der Waals surface area contributed by atoms with E-state index in [-0.39, 0.29) is 0 Å². The van der Waals surface area contributed by atoms with E-state index in [2.05, 4.69) is 0 Å². The van der Waals surface area contributed by atoms with Crippen LogP contribution in [-0.2, 0) is 4.79 Å². The van der Waals surface area contributed by atoms with Gasteiger partial charge < -0.3 is 10.2 Å². The van der Waals surface area contributed by atoms with Crippen molar-refractivity contribution in [3.63, 3.8) is 0 Å². The van der Waals surface area contributed by atoms with Crippen molar-refractivity contribution < 1.29 is 15.0 Å². The first-order valence-corrected chi connectivity index (χ1v) is 5.82. The molecule has 0 spiro atoms. The molecule has 0 heterocycles. The van der Waals surface area contributed by atoms with Crippen LogP contribution in [0.4, 0.5) is 0 Å². The molecule has 3 nitrogen and oxygen atoms in total. The van der Waals surface area contributed by atoms with Crippen molar-refractivity contribution in [3.8, 4) is 0 Å². The van der Waals surface area contributed by atoms with Gasteiger partial charge in [-0.15, -0.1) is 0 Å². The van der Waals surface area contributed by atoms with E-state index in [0.29, 0.717) is 18.4 Å². The lowest BCUT2D eigenvalue weighted by molar-refractivity contribution is -0.132. The third kappa shape index (κ3) is 4.98. The summed E-state index contributed by atoms with van der Waals surface area (Å²) in [6, 6.07) is 0. The van der Waals surface area contributed by atoms with E-state index in [9.17, 15) is 9.90 Å². The number of aliphatic hydroxyl groups excluding tert-OH is 1. The highest BCUT2D eigenvalue weighted by atomic mass is 16.4. The lowest BCUT2D eigenvalue weighted by atomic mass is 10.1. The van der Waals surface area contributed by atoms with Gasteiger partial charge in [-0.1, -0.05) is 32.1 Å².